The third-order valence-electron chi connectivity index (χ3n) is 3.56. The highest BCUT2D eigenvalue weighted by atomic mass is 16.1. The second-order valence-corrected chi connectivity index (χ2v) is 5.08. The number of aromatic nitrogens is 1. The second kappa shape index (κ2) is 6.50. The number of rotatable bonds is 4. The second-order valence-electron chi connectivity index (χ2n) is 5.08. The van der Waals surface area contributed by atoms with Crippen LogP contribution in [-0.2, 0) is 11.3 Å². The minimum Gasteiger partial charge on any atom is -0.350 e. The Bertz CT molecular complexity index is 372. The van der Waals surface area contributed by atoms with Gasteiger partial charge >= 0.3 is 0 Å². The number of pyridine rings is 1. The van der Waals surface area contributed by atoms with Gasteiger partial charge in [-0.05, 0) is 43.7 Å². The number of nitrogens with zero attached hydrogens (tertiary/aromatic N) is 1. The number of amides is 1. The van der Waals surface area contributed by atoms with Crippen molar-refractivity contribution in [2.75, 3.05) is 0 Å². The highest BCUT2D eigenvalue weighted by molar-refractivity contribution is 5.76. The van der Waals surface area contributed by atoms with E-state index in [2.05, 4.69) is 10.3 Å². The number of nitrogens with two attached hydrogens (primary N) is 1. The standard InChI is InChI=1S/C14H21N3O/c15-12-6-4-11(5-7-12)9-14(18)17-10-13-3-1-2-8-16-13/h1-3,8,11-12H,4-7,9-10,15H2,(H,17,18). The van der Waals surface area contributed by atoms with Crippen molar-refractivity contribution < 1.29 is 4.79 Å². The molecule has 4 nitrogen and oxygen atoms in total. The fourth-order valence-electron chi connectivity index (χ4n) is 2.42. The van der Waals surface area contributed by atoms with Crippen molar-refractivity contribution in [3.63, 3.8) is 0 Å². The molecule has 1 aromatic rings. The molecule has 0 aliphatic heterocycles. The van der Waals surface area contributed by atoms with Crippen LogP contribution in [0.2, 0.25) is 0 Å². The molecule has 1 aliphatic rings. The van der Waals surface area contributed by atoms with Crippen molar-refractivity contribution >= 4 is 5.91 Å². The quantitative estimate of drug-likeness (QED) is 0.849. The summed E-state index contributed by atoms with van der Waals surface area (Å²) >= 11 is 0. The summed E-state index contributed by atoms with van der Waals surface area (Å²) in [5.74, 6) is 0.634. The molecule has 1 aliphatic carbocycles. The normalized spacial score (nSPS) is 23.6. The van der Waals surface area contributed by atoms with Crippen LogP contribution in [0.3, 0.4) is 0 Å². The Morgan fingerprint density at radius 2 is 2.11 bits per heavy atom. The van der Waals surface area contributed by atoms with E-state index in [1.54, 1.807) is 6.20 Å². The Balaban J connectivity index is 1.69. The van der Waals surface area contributed by atoms with Gasteiger partial charge < -0.3 is 11.1 Å². The van der Waals surface area contributed by atoms with Crippen LogP contribution in [0.1, 0.15) is 37.8 Å². The van der Waals surface area contributed by atoms with Gasteiger partial charge in [0.25, 0.3) is 0 Å². The molecule has 18 heavy (non-hydrogen) atoms. The van der Waals surface area contributed by atoms with E-state index in [1.807, 2.05) is 18.2 Å². The van der Waals surface area contributed by atoms with E-state index >= 15 is 0 Å². The lowest BCUT2D eigenvalue weighted by molar-refractivity contribution is -0.122. The van der Waals surface area contributed by atoms with Gasteiger partial charge in [-0.15, -0.1) is 0 Å². The van der Waals surface area contributed by atoms with Crippen LogP contribution in [0.25, 0.3) is 0 Å². The number of hydrogen-bond donors (Lipinski definition) is 2. The van der Waals surface area contributed by atoms with Crippen molar-refractivity contribution in [2.24, 2.45) is 11.7 Å². The zero-order chi connectivity index (χ0) is 12.8. The first-order valence-electron chi connectivity index (χ1n) is 6.66. The Morgan fingerprint density at radius 3 is 2.78 bits per heavy atom. The van der Waals surface area contributed by atoms with Crippen LogP contribution in [0, 0.1) is 5.92 Å². The van der Waals surface area contributed by atoms with Crippen molar-refractivity contribution in [2.45, 2.75) is 44.7 Å². The number of nitrogens with one attached hydrogen (secondary N) is 1. The van der Waals surface area contributed by atoms with Gasteiger partial charge in [0.05, 0.1) is 12.2 Å². The lowest BCUT2D eigenvalue weighted by Gasteiger charge is -2.25. The Hall–Kier alpha value is -1.42. The van der Waals surface area contributed by atoms with E-state index in [4.69, 9.17) is 5.73 Å². The molecule has 3 N–H and O–H groups in total. The molecule has 0 unspecified atom stereocenters. The lowest BCUT2D eigenvalue weighted by Crippen LogP contribution is -2.30. The number of hydrogen-bond acceptors (Lipinski definition) is 3. The predicted molar refractivity (Wildman–Crippen MR) is 70.6 cm³/mol. The summed E-state index contributed by atoms with van der Waals surface area (Å²) in [5, 5.41) is 2.92. The molecular weight excluding hydrogens is 226 g/mol. The maximum atomic E-state index is 11.8. The highest BCUT2D eigenvalue weighted by Gasteiger charge is 2.20. The lowest BCUT2D eigenvalue weighted by atomic mass is 9.84. The summed E-state index contributed by atoms with van der Waals surface area (Å²) in [6.07, 6.45) is 6.64. The summed E-state index contributed by atoms with van der Waals surface area (Å²) in [5.41, 5.74) is 6.75. The average molecular weight is 247 g/mol. The van der Waals surface area contributed by atoms with Gasteiger partial charge in [0.2, 0.25) is 5.91 Å². The van der Waals surface area contributed by atoms with Gasteiger partial charge in [-0.25, -0.2) is 0 Å². The first kappa shape index (κ1) is 13.0. The summed E-state index contributed by atoms with van der Waals surface area (Å²) in [4.78, 5) is 16.0. The van der Waals surface area contributed by atoms with Crippen LogP contribution in [-0.4, -0.2) is 16.9 Å². The van der Waals surface area contributed by atoms with Crippen LogP contribution in [0.4, 0.5) is 0 Å². The molecule has 4 heteroatoms. The first-order chi connectivity index (χ1) is 8.74. The minimum absolute atomic E-state index is 0.126. The molecule has 1 amide bonds. The summed E-state index contributed by atoms with van der Waals surface area (Å²) in [6.45, 7) is 0.520. The maximum Gasteiger partial charge on any atom is 0.220 e. The van der Waals surface area contributed by atoms with Gasteiger partial charge in [0.1, 0.15) is 0 Å². The average Bonchev–Trinajstić information content (AvgIpc) is 2.40. The molecule has 2 rings (SSSR count). The van der Waals surface area contributed by atoms with Crippen LogP contribution >= 0.6 is 0 Å². The largest absolute Gasteiger partial charge is 0.350 e. The Kier molecular flexibility index (Phi) is 4.70. The Morgan fingerprint density at radius 1 is 1.33 bits per heavy atom. The molecule has 0 bridgehead atoms. The van der Waals surface area contributed by atoms with Gasteiger partial charge in [-0.1, -0.05) is 6.07 Å². The van der Waals surface area contributed by atoms with Crippen molar-refractivity contribution in [1.82, 2.24) is 10.3 Å². The topological polar surface area (TPSA) is 68.0 Å². The van der Waals surface area contributed by atoms with E-state index in [0.717, 1.165) is 31.4 Å². The van der Waals surface area contributed by atoms with Crippen LogP contribution < -0.4 is 11.1 Å². The first-order valence-corrected chi connectivity index (χ1v) is 6.66. The molecule has 0 aromatic carbocycles. The predicted octanol–water partition coefficient (Wildman–Crippen LogP) is 1.61. The number of carbonyl (C=O) groups is 1. The molecule has 0 spiro atoms. The van der Waals surface area contributed by atoms with Crippen molar-refractivity contribution in [3.05, 3.63) is 30.1 Å². The molecule has 1 fully saturated rings. The van der Waals surface area contributed by atoms with E-state index < -0.39 is 0 Å². The van der Waals surface area contributed by atoms with E-state index in [9.17, 15) is 4.79 Å². The molecular formula is C14H21N3O. The molecule has 98 valence electrons. The van der Waals surface area contributed by atoms with Gasteiger partial charge in [0, 0.05) is 18.7 Å². The monoisotopic (exact) mass is 247 g/mol. The van der Waals surface area contributed by atoms with E-state index in [1.165, 1.54) is 0 Å². The molecule has 0 atom stereocenters. The number of carbonyl (C=O) groups excluding carboxylic acids is 1. The van der Waals surface area contributed by atoms with Crippen molar-refractivity contribution in [3.8, 4) is 0 Å². The smallest absolute Gasteiger partial charge is 0.220 e. The minimum atomic E-state index is 0.126. The zero-order valence-electron chi connectivity index (χ0n) is 10.6. The van der Waals surface area contributed by atoms with Crippen LogP contribution in [0.15, 0.2) is 24.4 Å². The van der Waals surface area contributed by atoms with Gasteiger partial charge in [0.15, 0.2) is 0 Å². The fraction of sp³-hybridized carbons (Fsp3) is 0.571. The SMILES string of the molecule is NC1CCC(CC(=O)NCc2ccccn2)CC1. The highest BCUT2D eigenvalue weighted by Crippen LogP contribution is 2.25. The van der Waals surface area contributed by atoms with E-state index in [0.29, 0.717) is 24.9 Å². The third kappa shape index (κ3) is 4.11. The molecule has 1 aromatic heterocycles. The van der Waals surface area contributed by atoms with Gasteiger partial charge in [-0.2, -0.15) is 0 Å². The Labute approximate surface area is 108 Å². The molecule has 0 radical (unpaired) electrons. The summed E-state index contributed by atoms with van der Waals surface area (Å²) < 4.78 is 0. The van der Waals surface area contributed by atoms with Crippen LogP contribution in [0.5, 0.6) is 0 Å². The van der Waals surface area contributed by atoms with E-state index in [-0.39, 0.29) is 5.91 Å². The zero-order valence-corrected chi connectivity index (χ0v) is 10.6. The van der Waals surface area contributed by atoms with Crippen molar-refractivity contribution in [1.29, 1.82) is 0 Å². The van der Waals surface area contributed by atoms with Gasteiger partial charge in [-0.3, -0.25) is 9.78 Å². The summed E-state index contributed by atoms with van der Waals surface area (Å²) in [6, 6.07) is 6.06. The molecule has 1 saturated carbocycles. The molecule has 1 heterocycles. The third-order valence-corrected chi connectivity index (χ3v) is 3.56. The molecule has 0 saturated heterocycles. The fourth-order valence-corrected chi connectivity index (χ4v) is 2.42. The summed E-state index contributed by atoms with van der Waals surface area (Å²) in [7, 11) is 0. The maximum absolute atomic E-state index is 11.8.